The number of hydrogen-bond donors (Lipinski definition) is 0. The molecule has 1 spiro atoms. The molecule has 0 N–H and O–H groups in total. The molecule has 0 saturated heterocycles. The normalized spacial score (nSPS) is 6.32. The molecule has 504 valence electrons. The Kier molecular flexibility index (Phi) is 1530. The summed E-state index contributed by atoms with van der Waals surface area (Å²) in [6, 6.07) is 30.7. The van der Waals surface area contributed by atoms with Crippen molar-refractivity contribution in [1.29, 1.82) is 0 Å². The van der Waals surface area contributed by atoms with Crippen molar-refractivity contribution < 1.29 is 3210 Å². The molecule has 0 amide bonds. The van der Waals surface area contributed by atoms with Gasteiger partial charge in [-0.25, -0.2) is 14.1 Å². The van der Waals surface area contributed by atoms with Gasteiger partial charge in [0.1, 0.15) is 11.3 Å². The van der Waals surface area contributed by atoms with Gasteiger partial charge in [-0.3, -0.25) is 9.13 Å². The molecule has 106 heteroatoms. The zero-order valence-electron chi connectivity index (χ0n) is 81.3. The minimum atomic E-state index is -1.03. The maximum Gasteiger partial charge on any atom is 0.367 e. The van der Waals surface area contributed by atoms with Crippen molar-refractivity contribution in [2.24, 2.45) is 20.0 Å². The van der Waals surface area contributed by atoms with Gasteiger partial charge in [0.2, 0.25) is 11.7 Å². The fraction of sp³-hybridized carbons (Fsp3) is 0.135. The van der Waals surface area contributed by atoms with Crippen molar-refractivity contribution >= 4 is 56.5 Å². The molecule has 6 aliphatic heterocycles. The number of aryl methyl sites for hydroxylation is 4. The van der Waals surface area contributed by atoms with E-state index in [4.69, 9.17) is 20.0 Å². The second kappa shape index (κ2) is 375. The molecule has 0 fully saturated rings. The SMILES string of the molecule is Cc1cc[c-]c2c1C1=Nc3c4[c-]ccc(C)c4c4n3C35n6c(c7[c-]ccc(C)c7c6=N4)=NC4=[N+]3C(=NC2=[N+]15)c1[c-]ccc(C)c14.[Y].[Y].[Y].[Y].[Y].[Y].[Y].[Y].[Y].[Y].[Y].[Y].[Y].[Y].[Y].[Y].[Y].[Y].[Y].[Y].[Y].[Y].[Y].[Y].[Y].[Y].[Y].[Y].[Y].[Y].[Y].[Y].[Y].[Y].[Y].[Y].[Y].[Y].[Y].[Y].[Y].[Y].[Y].[Y].[Y].[Y].[Y].[Y].[Y].[Y].[Y].[Y].[Y].[Y].[Y].[Y].[Y].[Y].[Y].[Y].[Y].[Y].[Y].[Y].[Y].[Y].[Y].[Y].[Y].[Y].[Y].[Y].[Y].[Y].[Y].[Y].[Y].[Y].[Y].[Y].[Y].[Y].[Y].[Y].[Y].[Y].[Y].[Y].[Y].[Y].[Y].[Y].[Y].[Y].[Y].[Y].[Y].[Y]. The van der Waals surface area contributed by atoms with Gasteiger partial charge in [0.15, 0.2) is 11.7 Å². The average Bonchev–Trinajstić information content (AvgIpc) is 3.75. The molecule has 0 saturated carbocycles. The Balaban J connectivity index is -0.00000000376. The second-order valence-corrected chi connectivity index (χ2v) is 12.6. The van der Waals surface area contributed by atoms with Crippen LogP contribution in [-0.2, 0) is 3210 Å². The minimum Gasteiger partial charge on any atom is -0.259 e. The van der Waals surface area contributed by atoms with Crippen molar-refractivity contribution in [1.82, 2.24) is 9.13 Å². The molecule has 6 aliphatic rings. The molecule has 98 radical (unpaired) electrons. The van der Waals surface area contributed by atoms with Crippen LogP contribution in [0.2, 0.25) is 0 Å². The first-order valence-corrected chi connectivity index (χ1v) is 15.1. The van der Waals surface area contributed by atoms with Crippen molar-refractivity contribution in [2.75, 3.05) is 0 Å². The summed E-state index contributed by atoms with van der Waals surface area (Å²) in [5, 5.41) is 4.02. The van der Waals surface area contributed by atoms with Gasteiger partial charge in [0, 0.05) is 3210 Å². The smallest absolute Gasteiger partial charge is 0.259 e. The van der Waals surface area contributed by atoms with Crippen molar-refractivity contribution in [3.05, 3.63) is 128 Å². The van der Waals surface area contributed by atoms with E-state index in [1.807, 2.05) is 24.3 Å². The quantitative estimate of drug-likeness (QED) is 0.164. The number of fused-ring (bicyclic) bond motifs is 12. The molecule has 1 unspecified atom stereocenters. The van der Waals surface area contributed by atoms with Gasteiger partial charge in [0.05, 0.1) is 11.3 Å². The van der Waals surface area contributed by atoms with Gasteiger partial charge in [-0.1, -0.05) is 60.4 Å². The first-order valence-electron chi connectivity index (χ1n) is 15.1. The van der Waals surface area contributed by atoms with Crippen LogP contribution in [0.4, 0.5) is 11.6 Å². The van der Waals surface area contributed by atoms with E-state index in [9.17, 15) is 0 Å². The molecule has 8 heterocycles. The Labute approximate surface area is 3330 Å². The Morgan fingerprint density at radius 3 is 0.650 bits per heavy atom. The van der Waals surface area contributed by atoms with E-state index in [-0.39, 0.29) is 3210 Å². The zero-order valence-corrected chi connectivity index (χ0v) is 359. The van der Waals surface area contributed by atoms with Crippen LogP contribution in [0, 0.1) is 52.0 Å². The molecule has 12 rings (SSSR count). The average molecular weight is 9290 g/mol. The monoisotopic (exact) mass is 9290 g/mol. The van der Waals surface area contributed by atoms with E-state index in [0.29, 0.717) is 0 Å². The number of nitrogens with zero attached hydrogens (tertiary/aromatic N) is 8. The zero-order chi connectivity index (χ0) is 29.7. The van der Waals surface area contributed by atoms with Gasteiger partial charge in [-0.15, -0.1) is 105 Å². The predicted molar refractivity (Wildman–Crippen MR) is 168 cm³/mol. The topological polar surface area (TPSA) is 65.3 Å². The van der Waals surface area contributed by atoms with Gasteiger partial charge in [0.25, 0.3) is 0 Å². The van der Waals surface area contributed by atoms with Crippen LogP contribution in [0.25, 0.3) is 21.5 Å². The number of benzene rings is 4. The maximum atomic E-state index is 5.52. The van der Waals surface area contributed by atoms with Crippen LogP contribution >= 0.6 is 0 Å². The maximum absolute atomic E-state index is 5.52. The van der Waals surface area contributed by atoms with E-state index < -0.39 is 5.91 Å². The van der Waals surface area contributed by atoms with Gasteiger partial charge in [-0.05, 0) is 11.1 Å². The van der Waals surface area contributed by atoms with Crippen molar-refractivity contribution in [3.8, 4) is 0 Å². The summed E-state index contributed by atoms with van der Waals surface area (Å²) < 4.78 is 9.23. The predicted octanol–water partition coefficient (Wildman–Crippen LogP) is 3.90. The van der Waals surface area contributed by atoms with Gasteiger partial charge in [-0.2, -0.15) is 4.99 Å². The molecule has 1 atom stereocenters. The van der Waals surface area contributed by atoms with Crippen LogP contribution in [0.15, 0.2) is 68.5 Å². The van der Waals surface area contributed by atoms with Crippen LogP contribution in [0.3, 0.4) is 0 Å². The van der Waals surface area contributed by atoms with Gasteiger partial charge < -0.3 is 0 Å². The number of rotatable bonds is 0. The Morgan fingerprint density at radius 2 is 0.392 bits per heavy atom. The van der Waals surface area contributed by atoms with Crippen LogP contribution < -0.4 is 11.0 Å². The van der Waals surface area contributed by atoms with E-state index >= 15 is 0 Å². The van der Waals surface area contributed by atoms with E-state index in [1.165, 1.54) is 0 Å². The fourth-order valence-corrected chi connectivity index (χ4v) is 8.55. The summed E-state index contributed by atoms with van der Waals surface area (Å²) in [4.78, 5) is 22.0. The molecule has 4 aromatic carbocycles. The van der Waals surface area contributed by atoms with Gasteiger partial charge >= 0.3 is 5.91 Å². The van der Waals surface area contributed by atoms with E-state index in [2.05, 4.69) is 94.5 Å². The third-order valence-electron chi connectivity index (χ3n) is 10.4. The second-order valence-electron chi connectivity index (χ2n) is 12.6. The summed E-state index contributed by atoms with van der Waals surface area (Å²) in [5.41, 5.74) is 10.2. The van der Waals surface area contributed by atoms with Crippen molar-refractivity contribution in [2.45, 2.75) is 33.6 Å². The summed E-state index contributed by atoms with van der Waals surface area (Å²) in [6.07, 6.45) is 0. The Morgan fingerprint density at radius 1 is 0.182 bits per heavy atom. The number of aromatic nitrogens is 2. The van der Waals surface area contributed by atoms with E-state index in [1.54, 1.807) is 0 Å². The third-order valence-corrected chi connectivity index (χ3v) is 10.4. The molecular weight excluding hydrogens is 9270 g/mol. The Bertz CT molecular complexity index is 2980. The molecular formula is C37H20N8Y98-2. The minimum absolute atomic E-state index is 0. The number of aliphatic imine (C=N–C) groups is 2. The largest absolute Gasteiger partial charge is 0.367 e. The Hall–Kier alpha value is 102. The van der Waals surface area contributed by atoms with Crippen molar-refractivity contribution in [3.63, 3.8) is 0 Å². The summed E-state index contributed by atoms with van der Waals surface area (Å²) in [6.45, 7) is 8.58. The molecule has 0 aliphatic carbocycles. The number of hydrogen-bond acceptors (Lipinski definition) is 4. The van der Waals surface area contributed by atoms with Crippen LogP contribution in [-0.4, -0.2) is 41.6 Å². The molecule has 143 heavy (non-hydrogen) atoms. The molecule has 6 aromatic rings. The molecule has 0 bridgehead atoms. The first-order chi connectivity index (χ1) is 22.0. The fourth-order valence-electron chi connectivity index (χ4n) is 8.55. The summed E-state index contributed by atoms with van der Waals surface area (Å²) in [7, 11) is 0. The number of amidine groups is 4. The third kappa shape index (κ3) is 209. The molecule has 2 aromatic heterocycles. The standard InChI is InChI=1S/C37H20N8.98Y/c1-17-9-5-13-21-25(17)33-39-31-23-15-7-11-19(3)27(23)35-41-36-28-20(4)12-8-16-24(28)32-40-34-26-18(2)10-6-14-22(26)30-38-29(21)42(33)37(43(30)34,44(31)35)45(32)36;;;;;;;;;;;;;;;;;;;;;;;;;;;;;;;;;;;;;;;;;;;;;;;;;;;;;;;;;;;;;;;;;;;;;;;;;;;;;;;;;;;;;;;;;;;;;;;;;;/h5-12H,1-4H3;;;;;;;;;;;;;;;;;;;;;;;;;;;;;;;;;;;;;;;;;;;;;;;;;;;;;;;;;;;;;;;;;;;;;;;;;;;;;;;;;;;;;;;;;;;;;;;;;;/q-2;;;;;;;;;;;;;;;;;;;;;;;;;;;;;;;;;;;;;;;;;;;;;;;;;;;;;;;;;;;;;;;;;;;;;;;;;;;;;;;;;;;;;;;;;;;;;;;;;;. The summed E-state index contributed by atoms with van der Waals surface area (Å²) in [5.74, 6) is 3.97. The van der Waals surface area contributed by atoms with Crippen LogP contribution in [0.1, 0.15) is 44.5 Å². The first kappa shape index (κ1) is 584. The summed E-state index contributed by atoms with van der Waals surface area (Å²) >= 11 is 0. The van der Waals surface area contributed by atoms with E-state index in [0.717, 1.165) is 112 Å². The van der Waals surface area contributed by atoms with Crippen LogP contribution in [0.5, 0.6) is 0 Å². The molecule has 8 nitrogen and oxygen atoms in total.